The normalized spacial score (nSPS) is 18.6. The summed E-state index contributed by atoms with van der Waals surface area (Å²) in [6.45, 7) is 4.09. The van der Waals surface area contributed by atoms with Crippen molar-refractivity contribution in [1.29, 1.82) is 0 Å². The first-order chi connectivity index (χ1) is 12.5. The number of hydrogen-bond acceptors (Lipinski definition) is 6. The summed E-state index contributed by atoms with van der Waals surface area (Å²) in [5, 5.41) is 10.1. The van der Waals surface area contributed by atoms with Gasteiger partial charge in [0.2, 0.25) is 0 Å². The molecule has 2 aliphatic rings. The molecule has 0 spiro atoms. The Morgan fingerprint density at radius 1 is 1.31 bits per heavy atom. The van der Waals surface area contributed by atoms with Crippen LogP contribution in [0.4, 0.5) is 5.82 Å². The van der Waals surface area contributed by atoms with Gasteiger partial charge in [-0.25, -0.2) is 9.97 Å². The van der Waals surface area contributed by atoms with Crippen LogP contribution in [-0.4, -0.2) is 46.0 Å². The smallest absolute Gasteiger partial charge is 0.147 e. The van der Waals surface area contributed by atoms with Gasteiger partial charge in [-0.15, -0.1) is 0 Å². The minimum absolute atomic E-state index is 0.0189. The highest BCUT2D eigenvalue weighted by atomic mass is 35.5. The monoisotopic (exact) mass is 371 g/mol. The number of aliphatic imine (C=N–C) groups is 1. The lowest BCUT2D eigenvalue weighted by molar-refractivity contribution is 0.170. The molecule has 7 heteroatoms. The molecule has 0 aliphatic carbocycles. The fourth-order valence-corrected chi connectivity index (χ4v) is 3.89. The third-order valence-electron chi connectivity index (χ3n) is 5.30. The molecule has 1 aromatic carbocycles. The molecule has 1 fully saturated rings. The molecule has 2 aliphatic heterocycles. The molecule has 4 rings (SSSR count). The summed E-state index contributed by atoms with van der Waals surface area (Å²) in [4.78, 5) is 16.3. The van der Waals surface area contributed by atoms with E-state index < -0.39 is 5.54 Å². The average Bonchev–Trinajstić information content (AvgIpc) is 3.05. The van der Waals surface area contributed by atoms with Gasteiger partial charge in [-0.1, -0.05) is 23.7 Å². The summed E-state index contributed by atoms with van der Waals surface area (Å²) in [6, 6.07) is 5.84. The molecule has 1 saturated heterocycles. The largest absolute Gasteiger partial charge is 0.394 e. The Bertz CT molecular complexity index is 854. The van der Waals surface area contributed by atoms with Crippen LogP contribution >= 0.6 is 11.6 Å². The molecule has 6 nitrogen and oxygen atoms in total. The zero-order valence-corrected chi connectivity index (χ0v) is 15.5. The number of nitrogens with zero attached hydrogens (tertiary/aromatic N) is 4. The number of halogens is 1. The van der Waals surface area contributed by atoms with Gasteiger partial charge >= 0.3 is 0 Å². The van der Waals surface area contributed by atoms with E-state index in [4.69, 9.17) is 22.3 Å². The molecule has 3 N–H and O–H groups in total. The first-order valence-corrected chi connectivity index (χ1v) is 9.19. The van der Waals surface area contributed by atoms with Crippen molar-refractivity contribution in [2.24, 2.45) is 10.7 Å². The van der Waals surface area contributed by atoms with Crippen molar-refractivity contribution >= 4 is 23.1 Å². The van der Waals surface area contributed by atoms with Gasteiger partial charge < -0.3 is 15.7 Å². The van der Waals surface area contributed by atoms with Crippen LogP contribution in [-0.2, 0) is 6.54 Å². The Hall–Kier alpha value is -2.02. The van der Waals surface area contributed by atoms with Crippen molar-refractivity contribution < 1.29 is 5.11 Å². The molecule has 2 aromatic rings. The maximum Gasteiger partial charge on any atom is 0.147 e. The van der Waals surface area contributed by atoms with Crippen LogP contribution in [0.1, 0.15) is 35.4 Å². The summed E-state index contributed by atoms with van der Waals surface area (Å²) >= 11 is 6.40. The van der Waals surface area contributed by atoms with Crippen LogP contribution < -0.4 is 10.6 Å². The van der Waals surface area contributed by atoms with Crippen LogP contribution in [0.3, 0.4) is 0 Å². The van der Waals surface area contributed by atoms with E-state index in [2.05, 4.69) is 14.9 Å². The van der Waals surface area contributed by atoms with Crippen LogP contribution in [0.5, 0.6) is 0 Å². The molecule has 0 radical (unpaired) electrons. The molecule has 0 saturated carbocycles. The van der Waals surface area contributed by atoms with E-state index >= 15 is 0 Å². The summed E-state index contributed by atoms with van der Waals surface area (Å²) in [5.74, 6) is 0.844. The number of nitrogens with two attached hydrogens (primary N) is 1. The molecule has 0 atom stereocenters. The topological polar surface area (TPSA) is 87.6 Å². The van der Waals surface area contributed by atoms with Crippen LogP contribution in [0.15, 0.2) is 29.4 Å². The van der Waals surface area contributed by atoms with Gasteiger partial charge in [-0.3, -0.25) is 4.99 Å². The number of aliphatic hydroxyl groups excluding tert-OH is 1. The molecule has 136 valence electrons. The van der Waals surface area contributed by atoms with Gasteiger partial charge in [0.25, 0.3) is 0 Å². The predicted octanol–water partition coefficient (Wildman–Crippen LogP) is 2.08. The highest BCUT2D eigenvalue weighted by Crippen LogP contribution is 2.29. The van der Waals surface area contributed by atoms with E-state index in [0.29, 0.717) is 11.6 Å². The number of benzene rings is 1. The van der Waals surface area contributed by atoms with E-state index in [-0.39, 0.29) is 6.61 Å². The van der Waals surface area contributed by atoms with Gasteiger partial charge in [0.15, 0.2) is 0 Å². The van der Waals surface area contributed by atoms with Crippen LogP contribution in [0.2, 0.25) is 5.02 Å². The second-order valence-electron chi connectivity index (χ2n) is 7.13. The Balaban J connectivity index is 1.59. The van der Waals surface area contributed by atoms with E-state index in [1.54, 1.807) is 6.20 Å². The fourth-order valence-electron chi connectivity index (χ4n) is 3.57. The number of piperidine rings is 1. The standard InChI is InChI=1S/C19H22ClN5O/c1-12-3-2-4-13(20)16(12)18-17-14(9-22-18)24-15(10-23-17)25-7-5-19(21,11-26)6-8-25/h2-4,10,26H,5-9,11,21H2,1H3. The van der Waals surface area contributed by atoms with E-state index in [1.165, 1.54) is 0 Å². The lowest BCUT2D eigenvalue weighted by Gasteiger charge is -2.38. The molecule has 0 amide bonds. The lowest BCUT2D eigenvalue weighted by Crippen LogP contribution is -2.53. The van der Waals surface area contributed by atoms with Gasteiger partial charge in [-0.2, -0.15) is 0 Å². The second-order valence-corrected chi connectivity index (χ2v) is 7.53. The van der Waals surface area contributed by atoms with E-state index in [0.717, 1.165) is 60.0 Å². The predicted molar refractivity (Wildman–Crippen MR) is 103 cm³/mol. The number of anilines is 1. The zero-order valence-electron chi connectivity index (χ0n) is 14.7. The molecular formula is C19H22ClN5O. The fraction of sp³-hybridized carbons (Fsp3) is 0.421. The summed E-state index contributed by atoms with van der Waals surface area (Å²) in [6.07, 6.45) is 3.28. The van der Waals surface area contributed by atoms with Crippen molar-refractivity contribution in [1.82, 2.24) is 9.97 Å². The molecule has 0 bridgehead atoms. The number of rotatable bonds is 3. The van der Waals surface area contributed by atoms with E-state index in [1.807, 2.05) is 25.1 Å². The SMILES string of the molecule is Cc1cccc(Cl)c1C1=NCc2nc(N3CCC(N)(CO)CC3)cnc21. The van der Waals surface area contributed by atoms with Gasteiger partial charge in [0, 0.05) is 24.2 Å². The first kappa shape index (κ1) is 17.4. The lowest BCUT2D eigenvalue weighted by atomic mass is 9.90. The first-order valence-electron chi connectivity index (χ1n) is 8.82. The number of hydrogen-bond donors (Lipinski definition) is 2. The molecule has 0 unspecified atom stereocenters. The maximum atomic E-state index is 9.42. The third kappa shape index (κ3) is 2.98. The molecule has 3 heterocycles. The number of aromatic nitrogens is 2. The maximum absolute atomic E-state index is 9.42. The van der Waals surface area contributed by atoms with E-state index in [9.17, 15) is 5.11 Å². The Labute approximate surface area is 157 Å². The third-order valence-corrected chi connectivity index (χ3v) is 5.62. The van der Waals surface area contributed by atoms with Crippen molar-refractivity contribution in [3.63, 3.8) is 0 Å². The quantitative estimate of drug-likeness (QED) is 0.862. The highest BCUT2D eigenvalue weighted by molar-refractivity contribution is 6.35. The van der Waals surface area contributed by atoms with Crippen molar-refractivity contribution in [3.8, 4) is 0 Å². The summed E-state index contributed by atoms with van der Waals surface area (Å²) < 4.78 is 0. The van der Waals surface area contributed by atoms with Gasteiger partial charge in [0.1, 0.15) is 11.5 Å². The average molecular weight is 372 g/mol. The van der Waals surface area contributed by atoms with Crippen molar-refractivity contribution in [2.75, 3.05) is 24.6 Å². The second kappa shape index (κ2) is 6.61. The Morgan fingerprint density at radius 3 is 2.77 bits per heavy atom. The van der Waals surface area contributed by atoms with Gasteiger partial charge in [0.05, 0.1) is 35.8 Å². The zero-order chi connectivity index (χ0) is 18.3. The summed E-state index contributed by atoms with van der Waals surface area (Å²) in [5.41, 5.74) is 10.2. The molecular weight excluding hydrogens is 350 g/mol. The number of fused-ring (bicyclic) bond motifs is 1. The summed E-state index contributed by atoms with van der Waals surface area (Å²) in [7, 11) is 0. The Kier molecular flexibility index (Phi) is 4.42. The highest BCUT2D eigenvalue weighted by Gasteiger charge is 2.31. The van der Waals surface area contributed by atoms with Crippen LogP contribution in [0.25, 0.3) is 0 Å². The Morgan fingerprint density at radius 2 is 2.08 bits per heavy atom. The molecule has 1 aromatic heterocycles. The van der Waals surface area contributed by atoms with Crippen molar-refractivity contribution in [3.05, 3.63) is 51.9 Å². The molecule has 26 heavy (non-hydrogen) atoms. The van der Waals surface area contributed by atoms with Crippen LogP contribution in [0, 0.1) is 6.92 Å². The minimum atomic E-state index is -0.474. The number of aryl methyl sites for hydroxylation is 1. The van der Waals surface area contributed by atoms with Crippen molar-refractivity contribution in [2.45, 2.75) is 31.8 Å². The van der Waals surface area contributed by atoms with Gasteiger partial charge in [-0.05, 0) is 31.4 Å². The minimum Gasteiger partial charge on any atom is -0.394 e. The number of aliphatic hydroxyl groups is 1.